The van der Waals surface area contributed by atoms with Gasteiger partial charge in [0, 0.05) is 49.0 Å². The second-order valence-electron chi connectivity index (χ2n) is 5.62. The number of hydrogen-bond acceptors (Lipinski definition) is 5. The first-order valence-electron chi connectivity index (χ1n) is 7.63. The highest BCUT2D eigenvalue weighted by atomic mass is 35.5. The predicted molar refractivity (Wildman–Crippen MR) is 95.5 cm³/mol. The highest BCUT2D eigenvalue weighted by molar-refractivity contribution is 7.89. The van der Waals surface area contributed by atoms with Crippen molar-refractivity contribution in [3.05, 3.63) is 63.7 Å². The maximum atomic E-state index is 12.7. The molecule has 9 heteroatoms. The molecule has 1 heterocycles. The van der Waals surface area contributed by atoms with Gasteiger partial charge in [0.05, 0.1) is 9.82 Å². The third-order valence-corrected chi connectivity index (χ3v) is 6.28. The molecule has 3 rings (SSSR count). The van der Waals surface area contributed by atoms with Gasteiger partial charge in [-0.3, -0.25) is 10.1 Å². The molecule has 1 fully saturated rings. The van der Waals surface area contributed by atoms with Crippen molar-refractivity contribution in [2.75, 3.05) is 31.1 Å². The monoisotopic (exact) mass is 381 g/mol. The number of nitro benzene ring substituents is 1. The van der Waals surface area contributed by atoms with Crippen LogP contribution in [0.4, 0.5) is 11.4 Å². The Balaban J connectivity index is 1.70. The van der Waals surface area contributed by atoms with Crippen LogP contribution in [0, 0.1) is 10.1 Å². The van der Waals surface area contributed by atoms with E-state index in [1.807, 2.05) is 12.1 Å². The van der Waals surface area contributed by atoms with Crippen LogP contribution in [-0.4, -0.2) is 43.8 Å². The van der Waals surface area contributed by atoms with E-state index in [1.54, 1.807) is 12.1 Å². The van der Waals surface area contributed by atoms with Gasteiger partial charge >= 0.3 is 0 Å². The molecule has 0 N–H and O–H groups in total. The molecule has 1 saturated heterocycles. The highest BCUT2D eigenvalue weighted by Crippen LogP contribution is 2.23. The molecular weight excluding hydrogens is 366 g/mol. The summed E-state index contributed by atoms with van der Waals surface area (Å²) in [4.78, 5) is 12.3. The van der Waals surface area contributed by atoms with E-state index in [9.17, 15) is 18.5 Å². The standard InChI is InChI=1S/C16H16ClN3O4S/c17-13-1-3-14(4-2-13)18-9-11-19(12-10-18)25(23,24)16-7-5-15(6-8-16)20(21)22/h1-8H,9-12H2. The largest absolute Gasteiger partial charge is 0.369 e. The number of piperazine rings is 1. The molecule has 0 atom stereocenters. The van der Waals surface area contributed by atoms with Gasteiger partial charge in [-0.2, -0.15) is 4.31 Å². The number of anilines is 1. The smallest absolute Gasteiger partial charge is 0.269 e. The molecule has 0 spiro atoms. The first-order chi connectivity index (χ1) is 11.9. The number of hydrogen-bond donors (Lipinski definition) is 0. The van der Waals surface area contributed by atoms with Crippen molar-refractivity contribution in [3.8, 4) is 0 Å². The molecule has 7 nitrogen and oxygen atoms in total. The lowest BCUT2D eigenvalue weighted by atomic mass is 10.2. The van der Waals surface area contributed by atoms with Crippen LogP contribution in [0.25, 0.3) is 0 Å². The summed E-state index contributed by atoms with van der Waals surface area (Å²) in [7, 11) is -3.65. The van der Waals surface area contributed by atoms with Crippen LogP contribution in [0.3, 0.4) is 0 Å². The van der Waals surface area contributed by atoms with Crippen LogP contribution in [0.2, 0.25) is 5.02 Å². The summed E-state index contributed by atoms with van der Waals surface area (Å²) in [5.74, 6) is 0. The molecule has 0 aliphatic carbocycles. The van der Waals surface area contributed by atoms with Crippen LogP contribution in [-0.2, 0) is 10.0 Å². The van der Waals surface area contributed by atoms with Gasteiger partial charge in [0.25, 0.3) is 5.69 Å². The fraction of sp³-hybridized carbons (Fsp3) is 0.250. The minimum absolute atomic E-state index is 0.0676. The van der Waals surface area contributed by atoms with E-state index in [4.69, 9.17) is 11.6 Å². The van der Waals surface area contributed by atoms with Crippen molar-refractivity contribution in [2.24, 2.45) is 0 Å². The summed E-state index contributed by atoms with van der Waals surface area (Å²) >= 11 is 5.88. The molecule has 0 saturated carbocycles. The Bertz CT molecular complexity index is 861. The molecule has 2 aromatic rings. The quantitative estimate of drug-likeness (QED) is 0.600. The van der Waals surface area contributed by atoms with Gasteiger partial charge in [0.2, 0.25) is 10.0 Å². The van der Waals surface area contributed by atoms with Crippen molar-refractivity contribution >= 4 is 33.0 Å². The zero-order chi connectivity index (χ0) is 18.0. The summed E-state index contributed by atoms with van der Waals surface area (Å²) in [5.41, 5.74) is 0.864. The Hall–Kier alpha value is -2.16. The van der Waals surface area contributed by atoms with Crippen molar-refractivity contribution in [1.82, 2.24) is 4.31 Å². The maximum absolute atomic E-state index is 12.7. The Morgan fingerprint density at radius 1 is 0.920 bits per heavy atom. The van der Waals surface area contributed by atoms with Gasteiger partial charge in [-0.05, 0) is 36.4 Å². The molecular formula is C16H16ClN3O4S. The summed E-state index contributed by atoms with van der Waals surface area (Å²) in [6.07, 6.45) is 0. The van der Waals surface area contributed by atoms with Crippen LogP contribution in [0.15, 0.2) is 53.4 Å². The van der Waals surface area contributed by atoms with Crippen LogP contribution < -0.4 is 4.90 Å². The average Bonchev–Trinajstić information content (AvgIpc) is 2.62. The van der Waals surface area contributed by atoms with Gasteiger partial charge < -0.3 is 4.90 Å². The fourth-order valence-corrected chi connectivity index (χ4v) is 4.28. The number of nitrogens with zero attached hydrogens (tertiary/aromatic N) is 3. The number of sulfonamides is 1. The number of non-ortho nitro benzene ring substituents is 1. The van der Waals surface area contributed by atoms with Gasteiger partial charge in [-0.1, -0.05) is 11.6 Å². The summed E-state index contributed by atoms with van der Waals surface area (Å²) in [6.45, 7) is 1.82. The maximum Gasteiger partial charge on any atom is 0.269 e. The van der Waals surface area contributed by atoms with Crippen LogP contribution in [0.5, 0.6) is 0 Å². The number of nitro groups is 1. The van der Waals surface area contributed by atoms with E-state index in [2.05, 4.69) is 4.90 Å². The topological polar surface area (TPSA) is 83.8 Å². The molecule has 0 bridgehead atoms. The van der Waals surface area contributed by atoms with Crippen molar-refractivity contribution in [3.63, 3.8) is 0 Å². The highest BCUT2D eigenvalue weighted by Gasteiger charge is 2.28. The summed E-state index contributed by atoms with van der Waals surface area (Å²) < 4.78 is 26.8. The normalized spacial score (nSPS) is 16.0. The van der Waals surface area contributed by atoms with Crippen molar-refractivity contribution in [1.29, 1.82) is 0 Å². The number of benzene rings is 2. The Kier molecular flexibility index (Phi) is 4.94. The molecule has 0 radical (unpaired) electrons. The molecule has 132 valence electrons. The van der Waals surface area contributed by atoms with E-state index in [1.165, 1.54) is 28.6 Å². The van der Waals surface area contributed by atoms with E-state index >= 15 is 0 Å². The van der Waals surface area contributed by atoms with E-state index in [-0.39, 0.29) is 10.6 Å². The first-order valence-corrected chi connectivity index (χ1v) is 9.45. The lowest BCUT2D eigenvalue weighted by Gasteiger charge is -2.35. The minimum atomic E-state index is -3.65. The Labute approximate surface area is 150 Å². The molecule has 2 aromatic carbocycles. The van der Waals surface area contributed by atoms with Crippen LogP contribution >= 0.6 is 11.6 Å². The minimum Gasteiger partial charge on any atom is -0.369 e. The third-order valence-electron chi connectivity index (χ3n) is 4.12. The predicted octanol–water partition coefficient (Wildman–Crippen LogP) is 2.76. The van der Waals surface area contributed by atoms with E-state index in [0.717, 1.165) is 5.69 Å². The second-order valence-corrected chi connectivity index (χ2v) is 7.99. The zero-order valence-corrected chi connectivity index (χ0v) is 14.8. The SMILES string of the molecule is O=[N+]([O-])c1ccc(S(=O)(=O)N2CCN(c3ccc(Cl)cc3)CC2)cc1. The average molecular weight is 382 g/mol. The molecule has 1 aliphatic heterocycles. The summed E-state index contributed by atoms with van der Waals surface area (Å²) in [6, 6.07) is 12.4. The lowest BCUT2D eigenvalue weighted by Crippen LogP contribution is -2.48. The van der Waals surface area contributed by atoms with E-state index < -0.39 is 14.9 Å². The lowest BCUT2D eigenvalue weighted by molar-refractivity contribution is -0.384. The summed E-state index contributed by atoms with van der Waals surface area (Å²) in [5, 5.41) is 11.3. The van der Waals surface area contributed by atoms with Crippen molar-refractivity contribution in [2.45, 2.75) is 4.90 Å². The van der Waals surface area contributed by atoms with Gasteiger partial charge in [-0.25, -0.2) is 8.42 Å². The van der Waals surface area contributed by atoms with E-state index in [0.29, 0.717) is 31.2 Å². The van der Waals surface area contributed by atoms with Gasteiger partial charge in [0.15, 0.2) is 0 Å². The number of rotatable bonds is 4. The van der Waals surface area contributed by atoms with Crippen LogP contribution in [0.1, 0.15) is 0 Å². The van der Waals surface area contributed by atoms with Crippen molar-refractivity contribution < 1.29 is 13.3 Å². The fourth-order valence-electron chi connectivity index (χ4n) is 2.73. The second kappa shape index (κ2) is 6.99. The number of halogens is 1. The molecule has 0 unspecified atom stereocenters. The Morgan fingerprint density at radius 2 is 1.48 bits per heavy atom. The first kappa shape index (κ1) is 17.7. The molecule has 1 aliphatic rings. The molecule has 0 aromatic heterocycles. The third kappa shape index (κ3) is 3.76. The molecule has 0 amide bonds. The Morgan fingerprint density at radius 3 is 2.00 bits per heavy atom. The van der Waals surface area contributed by atoms with Gasteiger partial charge in [-0.15, -0.1) is 0 Å². The molecule has 25 heavy (non-hydrogen) atoms. The zero-order valence-electron chi connectivity index (χ0n) is 13.2. The van der Waals surface area contributed by atoms with Gasteiger partial charge in [0.1, 0.15) is 0 Å².